The lowest BCUT2D eigenvalue weighted by molar-refractivity contribution is 0.103. The van der Waals surface area contributed by atoms with Crippen molar-refractivity contribution in [2.75, 3.05) is 18.5 Å². The predicted octanol–water partition coefficient (Wildman–Crippen LogP) is 4.06. The average molecular weight is 329 g/mol. The Morgan fingerprint density at radius 1 is 1.09 bits per heavy atom. The molecule has 1 aliphatic heterocycles. The zero-order valence-electron chi connectivity index (χ0n) is 12.0. The van der Waals surface area contributed by atoms with Crippen LogP contribution in [-0.4, -0.2) is 19.1 Å². The Hall–Kier alpha value is -2.60. The van der Waals surface area contributed by atoms with Gasteiger partial charge in [-0.3, -0.25) is 4.79 Å². The number of halogens is 1. The lowest BCUT2D eigenvalue weighted by Crippen LogP contribution is -2.16. The van der Waals surface area contributed by atoms with Gasteiger partial charge in [0.2, 0.25) is 0 Å². The van der Waals surface area contributed by atoms with Gasteiger partial charge in [0.1, 0.15) is 19.0 Å². The molecule has 116 valence electrons. The highest BCUT2D eigenvalue weighted by Gasteiger charge is 2.15. The maximum atomic E-state index is 13.7. The zero-order chi connectivity index (χ0) is 15.8. The first-order valence-electron chi connectivity index (χ1n) is 7.10. The van der Waals surface area contributed by atoms with Crippen LogP contribution in [0.3, 0.4) is 0 Å². The number of benzene rings is 2. The Labute approximate surface area is 135 Å². The number of anilines is 1. The molecule has 1 aromatic heterocycles. The number of rotatable bonds is 2. The highest BCUT2D eigenvalue weighted by atomic mass is 32.1. The second-order valence-corrected chi connectivity index (χ2v) is 6.16. The largest absolute Gasteiger partial charge is 0.486 e. The summed E-state index contributed by atoms with van der Waals surface area (Å²) < 4.78 is 25.4. The van der Waals surface area contributed by atoms with Gasteiger partial charge in [0, 0.05) is 21.8 Å². The molecule has 0 radical (unpaired) electrons. The van der Waals surface area contributed by atoms with Crippen LogP contribution in [0.15, 0.2) is 42.5 Å². The number of fused-ring (bicyclic) bond motifs is 2. The van der Waals surface area contributed by atoms with E-state index >= 15 is 0 Å². The Kier molecular flexibility index (Phi) is 3.38. The summed E-state index contributed by atoms with van der Waals surface area (Å²) in [4.78, 5) is 12.8. The Morgan fingerprint density at radius 2 is 1.91 bits per heavy atom. The maximum Gasteiger partial charge on any atom is 0.265 e. The molecule has 4 nitrogen and oxygen atoms in total. The number of ether oxygens (including phenoxy) is 2. The molecule has 0 atom stereocenters. The molecule has 1 aliphatic rings. The van der Waals surface area contributed by atoms with Gasteiger partial charge in [0.25, 0.3) is 5.91 Å². The summed E-state index contributed by atoms with van der Waals surface area (Å²) in [5, 5.41) is 3.27. The van der Waals surface area contributed by atoms with Crippen LogP contribution in [0.25, 0.3) is 10.1 Å². The fourth-order valence-corrected chi connectivity index (χ4v) is 3.42. The van der Waals surface area contributed by atoms with Gasteiger partial charge in [0.15, 0.2) is 11.5 Å². The summed E-state index contributed by atoms with van der Waals surface area (Å²) in [7, 11) is 0. The van der Waals surface area contributed by atoms with Crippen molar-refractivity contribution in [2.24, 2.45) is 0 Å². The van der Waals surface area contributed by atoms with Crippen LogP contribution in [0.2, 0.25) is 0 Å². The molecule has 23 heavy (non-hydrogen) atoms. The Balaban J connectivity index is 1.60. The maximum absolute atomic E-state index is 13.7. The Bertz CT molecular complexity index is 906. The predicted molar refractivity (Wildman–Crippen MR) is 87.2 cm³/mol. The van der Waals surface area contributed by atoms with E-state index in [9.17, 15) is 9.18 Å². The molecule has 6 heteroatoms. The van der Waals surface area contributed by atoms with Crippen molar-refractivity contribution in [3.63, 3.8) is 0 Å². The second kappa shape index (κ2) is 5.55. The van der Waals surface area contributed by atoms with Crippen LogP contribution in [-0.2, 0) is 0 Å². The van der Waals surface area contributed by atoms with Gasteiger partial charge in [-0.05, 0) is 30.3 Å². The zero-order valence-corrected chi connectivity index (χ0v) is 12.8. The number of hydrogen-bond acceptors (Lipinski definition) is 4. The molecule has 0 aliphatic carbocycles. The Morgan fingerprint density at radius 3 is 2.74 bits per heavy atom. The van der Waals surface area contributed by atoms with Crippen molar-refractivity contribution in [1.29, 1.82) is 0 Å². The third kappa shape index (κ3) is 2.61. The normalized spacial score (nSPS) is 13.1. The minimum atomic E-state index is -0.322. The molecule has 2 aromatic carbocycles. The molecule has 0 saturated carbocycles. The van der Waals surface area contributed by atoms with E-state index in [0.29, 0.717) is 40.7 Å². The molecule has 0 saturated heterocycles. The van der Waals surface area contributed by atoms with Gasteiger partial charge in [-0.25, -0.2) is 4.39 Å². The van der Waals surface area contributed by atoms with E-state index < -0.39 is 0 Å². The topological polar surface area (TPSA) is 47.6 Å². The molecule has 0 spiro atoms. The molecule has 0 bridgehead atoms. The van der Waals surface area contributed by atoms with Crippen molar-refractivity contribution in [3.8, 4) is 11.5 Å². The van der Waals surface area contributed by atoms with E-state index in [2.05, 4.69) is 5.32 Å². The molecule has 2 heterocycles. The monoisotopic (exact) mass is 329 g/mol. The third-order valence-electron chi connectivity index (χ3n) is 3.53. The molecule has 1 amide bonds. The van der Waals surface area contributed by atoms with Crippen molar-refractivity contribution in [1.82, 2.24) is 0 Å². The van der Waals surface area contributed by atoms with Crippen molar-refractivity contribution in [3.05, 3.63) is 53.2 Å². The van der Waals surface area contributed by atoms with Gasteiger partial charge < -0.3 is 14.8 Å². The van der Waals surface area contributed by atoms with E-state index in [4.69, 9.17) is 9.47 Å². The first-order chi connectivity index (χ1) is 11.2. The van der Waals surface area contributed by atoms with Gasteiger partial charge in [-0.2, -0.15) is 0 Å². The van der Waals surface area contributed by atoms with E-state index in [1.165, 1.54) is 17.4 Å². The average Bonchev–Trinajstić information content (AvgIpc) is 3.01. The van der Waals surface area contributed by atoms with Crippen molar-refractivity contribution in [2.45, 2.75) is 0 Å². The van der Waals surface area contributed by atoms with Crippen molar-refractivity contribution >= 4 is 33.0 Å². The first kappa shape index (κ1) is 14.0. The SMILES string of the molecule is O=C(Nc1ccc2c(c1)OCCO2)c1cc2c(F)cccc2s1. The molecular weight excluding hydrogens is 317 g/mol. The summed E-state index contributed by atoms with van der Waals surface area (Å²) in [5.74, 6) is 0.675. The van der Waals surface area contributed by atoms with E-state index in [0.717, 1.165) is 4.70 Å². The van der Waals surface area contributed by atoms with E-state index in [1.54, 1.807) is 36.4 Å². The minimum Gasteiger partial charge on any atom is -0.486 e. The number of carbonyl (C=O) groups excluding carboxylic acids is 1. The fraction of sp³-hybridized carbons (Fsp3) is 0.118. The number of amides is 1. The highest BCUT2D eigenvalue weighted by molar-refractivity contribution is 7.20. The first-order valence-corrected chi connectivity index (χ1v) is 7.91. The number of nitrogens with one attached hydrogen (secondary N) is 1. The van der Waals surface area contributed by atoms with Crippen LogP contribution in [0.4, 0.5) is 10.1 Å². The quantitative estimate of drug-likeness (QED) is 0.771. The smallest absolute Gasteiger partial charge is 0.265 e. The number of hydrogen-bond donors (Lipinski definition) is 1. The number of thiophene rings is 1. The molecule has 0 fully saturated rings. The van der Waals surface area contributed by atoms with Crippen LogP contribution < -0.4 is 14.8 Å². The number of carbonyl (C=O) groups is 1. The molecule has 3 aromatic rings. The van der Waals surface area contributed by atoms with Crippen LogP contribution in [0.1, 0.15) is 9.67 Å². The summed E-state index contributed by atoms with van der Waals surface area (Å²) in [6.07, 6.45) is 0. The summed E-state index contributed by atoms with van der Waals surface area (Å²) >= 11 is 1.26. The van der Waals surface area contributed by atoms with Crippen LogP contribution in [0.5, 0.6) is 11.5 Å². The standard InChI is InChI=1S/C17H12FNO3S/c18-12-2-1-3-15-11(12)9-16(23-15)17(20)19-10-4-5-13-14(8-10)22-7-6-21-13/h1-5,8-9H,6-7H2,(H,19,20). The highest BCUT2D eigenvalue weighted by Crippen LogP contribution is 2.33. The summed E-state index contributed by atoms with van der Waals surface area (Å²) in [6.45, 7) is 1.01. The minimum absolute atomic E-state index is 0.276. The van der Waals surface area contributed by atoms with E-state index in [1.807, 2.05) is 0 Å². The van der Waals surface area contributed by atoms with Crippen LogP contribution in [0, 0.1) is 5.82 Å². The van der Waals surface area contributed by atoms with E-state index in [-0.39, 0.29) is 11.7 Å². The summed E-state index contributed by atoms with van der Waals surface area (Å²) in [5.41, 5.74) is 0.608. The van der Waals surface area contributed by atoms with Crippen molar-refractivity contribution < 1.29 is 18.7 Å². The molecule has 4 rings (SSSR count). The van der Waals surface area contributed by atoms with Gasteiger partial charge in [-0.1, -0.05) is 6.07 Å². The van der Waals surface area contributed by atoms with Crippen LogP contribution >= 0.6 is 11.3 Å². The van der Waals surface area contributed by atoms with Gasteiger partial charge in [-0.15, -0.1) is 11.3 Å². The lowest BCUT2D eigenvalue weighted by atomic mass is 10.2. The lowest BCUT2D eigenvalue weighted by Gasteiger charge is -2.18. The molecular formula is C17H12FNO3S. The fourth-order valence-electron chi connectivity index (χ4n) is 2.45. The molecule has 0 unspecified atom stereocenters. The molecule has 1 N–H and O–H groups in total. The van der Waals surface area contributed by atoms with Gasteiger partial charge in [0.05, 0.1) is 4.88 Å². The third-order valence-corrected chi connectivity index (χ3v) is 4.63. The van der Waals surface area contributed by atoms with Gasteiger partial charge >= 0.3 is 0 Å². The summed E-state index contributed by atoms with van der Waals surface area (Å²) in [6, 6.07) is 11.6. The second-order valence-electron chi connectivity index (χ2n) is 5.07.